The Hall–Kier alpha value is -1.26. The van der Waals surface area contributed by atoms with Crippen LogP contribution in [0.4, 0.5) is 8.78 Å². The number of rotatable bonds is 4. The third-order valence-electron chi connectivity index (χ3n) is 3.09. The molecule has 100 valence electrons. The normalized spacial score (nSPS) is 12.4. The molecule has 0 bridgehead atoms. The Morgan fingerprint density at radius 3 is 2.53 bits per heavy atom. The van der Waals surface area contributed by atoms with Gasteiger partial charge in [0.1, 0.15) is 0 Å². The van der Waals surface area contributed by atoms with Crippen molar-refractivity contribution in [1.82, 2.24) is 5.32 Å². The second-order valence-electron chi connectivity index (χ2n) is 4.28. The van der Waals surface area contributed by atoms with E-state index in [-0.39, 0.29) is 6.04 Å². The molecule has 2 aromatic carbocycles. The molecular weight excluding hydrogens is 312 g/mol. The fourth-order valence-electron chi connectivity index (χ4n) is 2.04. The zero-order chi connectivity index (χ0) is 13.8. The van der Waals surface area contributed by atoms with Gasteiger partial charge in [-0.1, -0.05) is 46.3 Å². The molecule has 0 aromatic heterocycles. The van der Waals surface area contributed by atoms with Gasteiger partial charge in [-0.2, -0.15) is 0 Å². The first kappa shape index (κ1) is 14.2. The van der Waals surface area contributed by atoms with Crippen LogP contribution in [0, 0.1) is 11.6 Å². The quantitative estimate of drug-likeness (QED) is 0.887. The summed E-state index contributed by atoms with van der Waals surface area (Å²) in [6.07, 6.45) is 0.582. The summed E-state index contributed by atoms with van der Waals surface area (Å²) in [5.41, 5.74) is 1.39. The summed E-state index contributed by atoms with van der Waals surface area (Å²) in [5, 5.41) is 3.03. The van der Waals surface area contributed by atoms with Crippen molar-refractivity contribution in [1.29, 1.82) is 0 Å². The summed E-state index contributed by atoms with van der Waals surface area (Å²) in [6, 6.07) is 11.7. The number of nitrogens with one attached hydrogen (secondary N) is 1. The van der Waals surface area contributed by atoms with E-state index in [1.54, 1.807) is 13.1 Å². The molecule has 0 amide bonds. The number of hydrogen-bond donors (Lipinski definition) is 1. The van der Waals surface area contributed by atoms with E-state index in [0.717, 1.165) is 16.1 Å². The van der Waals surface area contributed by atoms with Gasteiger partial charge < -0.3 is 5.32 Å². The van der Waals surface area contributed by atoms with Gasteiger partial charge >= 0.3 is 0 Å². The average Bonchev–Trinajstić information content (AvgIpc) is 2.41. The van der Waals surface area contributed by atoms with Crippen LogP contribution in [0.25, 0.3) is 0 Å². The Kier molecular flexibility index (Phi) is 4.66. The summed E-state index contributed by atoms with van der Waals surface area (Å²) in [6.45, 7) is 0. The van der Waals surface area contributed by atoms with Gasteiger partial charge in [-0.15, -0.1) is 0 Å². The Morgan fingerprint density at radius 2 is 1.84 bits per heavy atom. The van der Waals surface area contributed by atoms with Crippen LogP contribution in [0.3, 0.4) is 0 Å². The van der Waals surface area contributed by atoms with Crippen LogP contribution in [-0.4, -0.2) is 7.05 Å². The topological polar surface area (TPSA) is 12.0 Å². The van der Waals surface area contributed by atoms with Crippen molar-refractivity contribution in [3.8, 4) is 0 Å². The summed E-state index contributed by atoms with van der Waals surface area (Å²) in [4.78, 5) is 0. The van der Waals surface area contributed by atoms with Crippen LogP contribution < -0.4 is 5.32 Å². The molecule has 0 spiro atoms. The van der Waals surface area contributed by atoms with Crippen molar-refractivity contribution in [3.05, 3.63) is 69.7 Å². The Morgan fingerprint density at radius 1 is 1.11 bits per heavy atom. The van der Waals surface area contributed by atoms with Gasteiger partial charge in [0.05, 0.1) is 0 Å². The van der Waals surface area contributed by atoms with E-state index in [4.69, 9.17) is 0 Å². The number of halogens is 3. The van der Waals surface area contributed by atoms with Crippen molar-refractivity contribution >= 4 is 15.9 Å². The predicted molar refractivity (Wildman–Crippen MR) is 76.0 cm³/mol. The van der Waals surface area contributed by atoms with Crippen molar-refractivity contribution in [3.63, 3.8) is 0 Å². The first-order chi connectivity index (χ1) is 9.13. The monoisotopic (exact) mass is 325 g/mol. The zero-order valence-corrected chi connectivity index (χ0v) is 12.0. The highest BCUT2D eigenvalue weighted by Gasteiger charge is 2.17. The molecule has 2 aromatic rings. The molecule has 1 N–H and O–H groups in total. The minimum Gasteiger partial charge on any atom is -0.313 e. The SMILES string of the molecule is CNC(Cc1ccccc1Br)c1cccc(F)c1F. The summed E-state index contributed by atoms with van der Waals surface area (Å²) >= 11 is 3.46. The van der Waals surface area contributed by atoms with Gasteiger partial charge in [-0.05, 0) is 31.2 Å². The highest BCUT2D eigenvalue weighted by Crippen LogP contribution is 2.26. The molecular formula is C15H14BrF2N. The van der Waals surface area contributed by atoms with Gasteiger partial charge in [-0.3, -0.25) is 0 Å². The second kappa shape index (κ2) is 6.26. The second-order valence-corrected chi connectivity index (χ2v) is 5.13. The van der Waals surface area contributed by atoms with E-state index < -0.39 is 11.6 Å². The van der Waals surface area contributed by atoms with Crippen molar-refractivity contribution in [2.75, 3.05) is 7.05 Å². The zero-order valence-electron chi connectivity index (χ0n) is 10.5. The van der Waals surface area contributed by atoms with Gasteiger partial charge in [0, 0.05) is 16.1 Å². The van der Waals surface area contributed by atoms with Crippen molar-refractivity contribution in [2.45, 2.75) is 12.5 Å². The van der Waals surface area contributed by atoms with E-state index in [0.29, 0.717) is 12.0 Å². The lowest BCUT2D eigenvalue weighted by Crippen LogP contribution is -2.20. The highest BCUT2D eigenvalue weighted by atomic mass is 79.9. The molecule has 0 aliphatic carbocycles. The van der Waals surface area contributed by atoms with E-state index in [1.165, 1.54) is 6.07 Å². The first-order valence-corrected chi connectivity index (χ1v) is 6.77. The Balaban J connectivity index is 2.31. The number of benzene rings is 2. The molecule has 1 unspecified atom stereocenters. The van der Waals surface area contributed by atoms with Gasteiger partial charge in [0.2, 0.25) is 0 Å². The predicted octanol–water partition coefficient (Wildman–Crippen LogP) is 4.23. The van der Waals surface area contributed by atoms with Gasteiger partial charge in [0.15, 0.2) is 11.6 Å². The molecule has 1 nitrogen and oxygen atoms in total. The largest absolute Gasteiger partial charge is 0.313 e. The molecule has 0 aliphatic heterocycles. The van der Waals surface area contributed by atoms with Crippen LogP contribution in [0.1, 0.15) is 17.2 Å². The van der Waals surface area contributed by atoms with E-state index in [1.807, 2.05) is 24.3 Å². The van der Waals surface area contributed by atoms with Crippen LogP contribution in [-0.2, 0) is 6.42 Å². The maximum atomic E-state index is 13.8. The van der Waals surface area contributed by atoms with Crippen LogP contribution in [0.2, 0.25) is 0 Å². The fraction of sp³-hybridized carbons (Fsp3) is 0.200. The molecule has 2 rings (SSSR count). The van der Waals surface area contributed by atoms with Crippen molar-refractivity contribution < 1.29 is 8.78 Å². The lowest BCUT2D eigenvalue weighted by molar-refractivity contribution is 0.473. The van der Waals surface area contributed by atoms with Gasteiger partial charge in [-0.25, -0.2) is 8.78 Å². The van der Waals surface area contributed by atoms with E-state index in [9.17, 15) is 8.78 Å². The van der Waals surface area contributed by atoms with E-state index >= 15 is 0 Å². The standard InChI is InChI=1S/C15H14BrF2N/c1-19-14(9-10-5-2-3-7-12(10)16)11-6-4-8-13(17)15(11)18/h2-8,14,19H,9H2,1H3. The lowest BCUT2D eigenvalue weighted by Gasteiger charge is -2.18. The van der Waals surface area contributed by atoms with Crippen LogP contribution in [0.15, 0.2) is 46.9 Å². The van der Waals surface area contributed by atoms with Crippen LogP contribution >= 0.6 is 15.9 Å². The molecule has 19 heavy (non-hydrogen) atoms. The third-order valence-corrected chi connectivity index (χ3v) is 3.86. The molecule has 0 aliphatic rings. The Bertz CT molecular complexity index is 572. The lowest BCUT2D eigenvalue weighted by atomic mass is 9.98. The van der Waals surface area contributed by atoms with Crippen molar-refractivity contribution in [2.24, 2.45) is 0 Å². The molecule has 0 saturated heterocycles. The van der Waals surface area contributed by atoms with Crippen LogP contribution in [0.5, 0.6) is 0 Å². The fourth-order valence-corrected chi connectivity index (χ4v) is 2.49. The maximum Gasteiger partial charge on any atom is 0.163 e. The maximum absolute atomic E-state index is 13.8. The minimum absolute atomic E-state index is 0.269. The van der Waals surface area contributed by atoms with Gasteiger partial charge in [0.25, 0.3) is 0 Å². The summed E-state index contributed by atoms with van der Waals surface area (Å²) < 4.78 is 28.1. The summed E-state index contributed by atoms with van der Waals surface area (Å²) in [7, 11) is 1.74. The highest BCUT2D eigenvalue weighted by molar-refractivity contribution is 9.10. The smallest absolute Gasteiger partial charge is 0.163 e. The molecule has 0 fully saturated rings. The number of likely N-dealkylation sites (N-methyl/N-ethyl adjacent to an activating group) is 1. The number of hydrogen-bond acceptors (Lipinski definition) is 1. The summed E-state index contributed by atoms with van der Waals surface area (Å²) in [5.74, 6) is -1.60. The van der Waals surface area contributed by atoms with E-state index in [2.05, 4.69) is 21.2 Å². The first-order valence-electron chi connectivity index (χ1n) is 5.98. The minimum atomic E-state index is -0.815. The third kappa shape index (κ3) is 3.19. The Labute approximate surface area is 119 Å². The molecule has 1 atom stereocenters. The molecule has 0 radical (unpaired) electrons. The molecule has 0 heterocycles. The molecule has 4 heteroatoms. The average molecular weight is 326 g/mol. The molecule has 0 saturated carbocycles.